The number of carbonyl (C=O) groups excluding carboxylic acids is 1. The van der Waals surface area contributed by atoms with E-state index in [2.05, 4.69) is 15.0 Å². The van der Waals surface area contributed by atoms with Crippen molar-refractivity contribution in [2.75, 3.05) is 12.4 Å². The fourth-order valence-corrected chi connectivity index (χ4v) is 1.75. The molecule has 1 aromatic heterocycles. The Labute approximate surface area is 118 Å². The molecule has 2 N–H and O–H groups in total. The van der Waals surface area contributed by atoms with Gasteiger partial charge in [0.2, 0.25) is 5.82 Å². The van der Waals surface area contributed by atoms with E-state index in [4.69, 9.17) is 0 Å². The number of carbonyl (C=O) groups is 1. The predicted molar refractivity (Wildman–Crippen MR) is 72.8 cm³/mol. The summed E-state index contributed by atoms with van der Waals surface area (Å²) in [5.41, 5.74) is -1.09. The van der Waals surface area contributed by atoms with Crippen LogP contribution in [0, 0.1) is 18.6 Å². The normalized spacial score (nSPS) is 10.3. The molecule has 110 valence electrons. The molecule has 0 spiro atoms. The van der Waals surface area contributed by atoms with Crippen molar-refractivity contribution in [2.45, 2.75) is 6.92 Å². The van der Waals surface area contributed by atoms with E-state index in [1.165, 1.54) is 12.1 Å². The number of aryl methyl sites for hydroxylation is 1. The summed E-state index contributed by atoms with van der Waals surface area (Å²) in [6, 6.07) is 4.23. The quantitative estimate of drug-likeness (QED) is 0.853. The van der Waals surface area contributed by atoms with E-state index in [0.717, 1.165) is 13.3 Å². The van der Waals surface area contributed by atoms with Crippen LogP contribution in [0.25, 0.3) is 0 Å². The molecular weight excluding hydrogens is 282 g/mol. The minimum atomic E-state index is -1.22. The third-order valence-corrected chi connectivity index (χ3v) is 2.83. The van der Waals surface area contributed by atoms with Crippen molar-refractivity contribution in [2.24, 2.45) is 0 Å². The lowest BCUT2D eigenvalue weighted by atomic mass is 10.2. The molecule has 0 bridgehead atoms. The summed E-state index contributed by atoms with van der Waals surface area (Å²) < 4.78 is 32.2. The van der Waals surface area contributed by atoms with E-state index in [1.807, 2.05) is 0 Å². The maximum Gasteiger partial charge on any atom is 0.341 e. The smallest absolute Gasteiger partial charge is 0.341 e. The van der Waals surface area contributed by atoms with Crippen LogP contribution >= 0.6 is 0 Å². The van der Waals surface area contributed by atoms with Gasteiger partial charge in [0, 0.05) is 6.20 Å². The number of aromatic amines is 1. The molecule has 2 aromatic rings. The predicted octanol–water partition coefficient (Wildman–Crippen LogP) is 2.49. The molecule has 0 aliphatic rings. The minimum absolute atomic E-state index is 0.0600. The summed E-state index contributed by atoms with van der Waals surface area (Å²) in [4.78, 5) is 25.0. The first-order valence-electron chi connectivity index (χ1n) is 5.96. The van der Waals surface area contributed by atoms with Crippen LogP contribution in [0.4, 0.5) is 20.2 Å². The molecule has 7 heteroatoms. The summed E-state index contributed by atoms with van der Waals surface area (Å²) in [7, 11) is 1.11. The van der Waals surface area contributed by atoms with Crippen LogP contribution in [0.5, 0.6) is 0 Å². The van der Waals surface area contributed by atoms with Gasteiger partial charge in [0.15, 0.2) is 0 Å². The van der Waals surface area contributed by atoms with Crippen molar-refractivity contribution in [3.8, 4) is 0 Å². The summed E-state index contributed by atoms with van der Waals surface area (Å²) >= 11 is 0. The van der Waals surface area contributed by atoms with Gasteiger partial charge in [0.1, 0.15) is 11.4 Å². The topological polar surface area (TPSA) is 71.2 Å². The first-order valence-corrected chi connectivity index (χ1v) is 5.96. The van der Waals surface area contributed by atoms with Crippen LogP contribution in [0.3, 0.4) is 0 Å². The number of rotatable bonds is 3. The van der Waals surface area contributed by atoms with E-state index in [-0.39, 0.29) is 11.3 Å². The van der Waals surface area contributed by atoms with Gasteiger partial charge in [-0.15, -0.1) is 0 Å². The number of pyridine rings is 1. The van der Waals surface area contributed by atoms with Crippen LogP contribution in [-0.4, -0.2) is 18.1 Å². The van der Waals surface area contributed by atoms with Crippen molar-refractivity contribution < 1.29 is 18.3 Å². The molecule has 1 aromatic carbocycles. The van der Waals surface area contributed by atoms with Crippen LogP contribution in [0.2, 0.25) is 0 Å². The van der Waals surface area contributed by atoms with Gasteiger partial charge in [-0.1, -0.05) is 6.07 Å². The molecule has 0 saturated carbocycles. The lowest BCUT2D eigenvalue weighted by Crippen LogP contribution is -2.18. The number of halogens is 2. The van der Waals surface area contributed by atoms with Gasteiger partial charge in [0.05, 0.1) is 18.5 Å². The van der Waals surface area contributed by atoms with Gasteiger partial charge in [-0.25, -0.2) is 9.18 Å². The van der Waals surface area contributed by atoms with Crippen molar-refractivity contribution in [3.63, 3.8) is 0 Å². The average molecular weight is 294 g/mol. The van der Waals surface area contributed by atoms with Gasteiger partial charge < -0.3 is 15.0 Å². The third-order valence-electron chi connectivity index (χ3n) is 2.83. The second kappa shape index (κ2) is 5.74. The number of aromatic nitrogens is 1. The first-order chi connectivity index (χ1) is 9.93. The minimum Gasteiger partial charge on any atom is -0.465 e. The van der Waals surface area contributed by atoms with Crippen LogP contribution in [0.15, 0.2) is 29.2 Å². The zero-order chi connectivity index (χ0) is 15.6. The zero-order valence-electron chi connectivity index (χ0n) is 11.3. The molecule has 2 rings (SSSR count). The Kier molecular flexibility index (Phi) is 4.02. The van der Waals surface area contributed by atoms with Crippen LogP contribution in [0.1, 0.15) is 15.9 Å². The Bertz CT molecular complexity index is 756. The average Bonchev–Trinajstić information content (AvgIpc) is 2.45. The maximum absolute atomic E-state index is 13.9. The molecular formula is C14H12F2N2O3. The number of methoxy groups -OCH3 is 1. The second-order valence-corrected chi connectivity index (χ2v) is 4.32. The maximum atomic E-state index is 13.9. The van der Waals surface area contributed by atoms with E-state index in [0.29, 0.717) is 5.56 Å². The number of ether oxygens (including phenoxy) is 1. The van der Waals surface area contributed by atoms with E-state index in [1.54, 1.807) is 13.0 Å². The molecule has 1 heterocycles. The fourth-order valence-electron chi connectivity index (χ4n) is 1.75. The number of hydrogen-bond donors (Lipinski definition) is 2. The Morgan fingerprint density at radius 1 is 1.33 bits per heavy atom. The highest BCUT2D eigenvalue weighted by Gasteiger charge is 2.20. The van der Waals surface area contributed by atoms with Gasteiger partial charge in [-0.05, 0) is 24.6 Å². The molecule has 0 amide bonds. The van der Waals surface area contributed by atoms with Crippen molar-refractivity contribution in [3.05, 3.63) is 57.5 Å². The number of hydrogen-bond acceptors (Lipinski definition) is 4. The molecule has 0 unspecified atom stereocenters. The molecule has 0 aliphatic carbocycles. The Balaban J connectivity index is 2.54. The first kappa shape index (κ1) is 14.7. The summed E-state index contributed by atoms with van der Waals surface area (Å²) in [6.45, 7) is 1.69. The molecule has 0 aliphatic heterocycles. The highest BCUT2D eigenvalue weighted by Crippen LogP contribution is 2.25. The lowest BCUT2D eigenvalue weighted by Gasteiger charge is -2.12. The number of anilines is 2. The summed E-state index contributed by atoms with van der Waals surface area (Å²) in [6.07, 6.45) is 1.01. The number of benzene rings is 1. The number of esters is 1. The molecule has 0 fully saturated rings. The monoisotopic (exact) mass is 294 g/mol. The summed E-state index contributed by atoms with van der Waals surface area (Å²) in [5.74, 6) is -2.72. The van der Waals surface area contributed by atoms with Crippen LogP contribution < -0.4 is 10.9 Å². The fraction of sp³-hybridized carbons (Fsp3) is 0.143. The molecule has 0 saturated heterocycles. The van der Waals surface area contributed by atoms with Gasteiger partial charge in [-0.2, -0.15) is 4.39 Å². The van der Waals surface area contributed by atoms with Gasteiger partial charge >= 0.3 is 5.97 Å². The third kappa shape index (κ3) is 2.91. The largest absolute Gasteiger partial charge is 0.465 e. The van der Waals surface area contributed by atoms with Gasteiger partial charge in [0.25, 0.3) is 5.56 Å². The second-order valence-electron chi connectivity index (χ2n) is 4.32. The SMILES string of the molecule is COC(=O)c1c[nH]c(=O)c(F)c1Nc1ccc(C)cc1F. The molecule has 0 radical (unpaired) electrons. The van der Waals surface area contributed by atoms with Crippen LogP contribution in [-0.2, 0) is 4.74 Å². The standard InChI is InChI=1S/C14H12F2N2O3/c1-7-3-4-10(9(15)5-7)18-12-8(14(20)21-2)6-17-13(19)11(12)16/h3-6H,1-2H3,(H2,17,18,19). The highest BCUT2D eigenvalue weighted by molar-refractivity contribution is 5.96. The van der Waals surface area contributed by atoms with E-state index < -0.39 is 28.9 Å². The van der Waals surface area contributed by atoms with Crippen molar-refractivity contribution in [1.29, 1.82) is 0 Å². The Morgan fingerprint density at radius 3 is 2.67 bits per heavy atom. The lowest BCUT2D eigenvalue weighted by molar-refractivity contribution is 0.0601. The number of H-pyrrole nitrogens is 1. The van der Waals surface area contributed by atoms with E-state index >= 15 is 0 Å². The molecule has 5 nitrogen and oxygen atoms in total. The van der Waals surface area contributed by atoms with Gasteiger partial charge in [-0.3, -0.25) is 4.79 Å². The van der Waals surface area contributed by atoms with Crippen molar-refractivity contribution >= 4 is 17.3 Å². The van der Waals surface area contributed by atoms with E-state index in [9.17, 15) is 18.4 Å². The zero-order valence-corrected chi connectivity index (χ0v) is 11.3. The highest BCUT2D eigenvalue weighted by atomic mass is 19.1. The Morgan fingerprint density at radius 2 is 2.05 bits per heavy atom. The van der Waals surface area contributed by atoms with Crippen molar-refractivity contribution in [1.82, 2.24) is 4.98 Å². The summed E-state index contributed by atoms with van der Waals surface area (Å²) in [5, 5.41) is 2.42. The number of nitrogens with one attached hydrogen (secondary N) is 2. The Hall–Kier alpha value is -2.70. The molecule has 0 atom stereocenters. The molecule has 21 heavy (non-hydrogen) atoms.